The van der Waals surface area contributed by atoms with Gasteiger partial charge in [0.2, 0.25) is 0 Å². The minimum Gasteiger partial charge on any atom is -0.496 e. The summed E-state index contributed by atoms with van der Waals surface area (Å²) in [6.45, 7) is 0.850. The molecule has 0 unspecified atom stereocenters. The van der Waals surface area contributed by atoms with Gasteiger partial charge in [0.25, 0.3) is 0 Å². The Labute approximate surface area is 162 Å². The van der Waals surface area contributed by atoms with Crippen LogP contribution in [0.4, 0.5) is 4.39 Å². The third kappa shape index (κ3) is 2.60. The second kappa shape index (κ2) is 6.34. The van der Waals surface area contributed by atoms with Crippen LogP contribution < -0.4 is 4.74 Å². The molecule has 1 aliphatic heterocycles. The van der Waals surface area contributed by atoms with E-state index in [0.29, 0.717) is 0 Å². The van der Waals surface area contributed by atoms with Crippen molar-refractivity contribution in [3.8, 4) is 39.5 Å². The molecule has 0 bridgehead atoms. The third-order valence-electron chi connectivity index (χ3n) is 5.25. The lowest BCUT2D eigenvalue weighted by atomic mass is 9.92. The third-order valence-corrected chi connectivity index (χ3v) is 5.25. The lowest BCUT2D eigenvalue weighted by Crippen LogP contribution is -2.11. The summed E-state index contributed by atoms with van der Waals surface area (Å²) in [5, 5.41) is 4.54. The molecule has 6 heteroatoms. The highest BCUT2D eigenvalue weighted by Gasteiger charge is 2.24. The Kier molecular flexibility index (Phi) is 3.79. The molecular weight excluding hydrogens is 355 g/mol. The SMILES string of the molecule is COc1cc2c(cc1-c1ccn(C)n1)-c1c(-c3ccc(F)cc3)ncn1CC2. The maximum Gasteiger partial charge on any atom is 0.128 e. The largest absolute Gasteiger partial charge is 0.496 e. The second-order valence-corrected chi connectivity index (χ2v) is 6.98. The van der Waals surface area contributed by atoms with Gasteiger partial charge in [0.15, 0.2) is 0 Å². The molecule has 2 aromatic heterocycles. The number of imidazole rings is 1. The van der Waals surface area contributed by atoms with E-state index in [1.807, 2.05) is 25.6 Å². The first kappa shape index (κ1) is 16.7. The first-order valence-corrected chi connectivity index (χ1v) is 9.16. The van der Waals surface area contributed by atoms with Gasteiger partial charge in [0, 0.05) is 36.5 Å². The van der Waals surface area contributed by atoms with Crippen molar-refractivity contribution in [2.24, 2.45) is 7.05 Å². The molecule has 0 saturated heterocycles. The highest BCUT2D eigenvalue weighted by atomic mass is 19.1. The molecule has 1 aliphatic rings. The number of nitrogens with zero attached hydrogens (tertiary/aromatic N) is 4. The quantitative estimate of drug-likeness (QED) is 0.536. The number of methoxy groups -OCH3 is 1. The molecule has 0 saturated carbocycles. The summed E-state index contributed by atoms with van der Waals surface area (Å²) in [5.74, 6) is 0.563. The van der Waals surface area contributed by atoms with Gasteiger partial charge in [-0.15, -0.1) is 0 Å². The van der Waals surface area contributed by atoms with Gasteiger partial charge in [0.1, 0.15) is 11.6 Å². The van der Waals surface area contributed by atoms with Crippen LogP contribution >= 0.6 is 0 Å². The van der Waals surface area contributed by atoms with Gasteiger partial charge in [-0.25, -0.2) is 9.37 Å². The average Bonchev–Trinajstić information content (AvgIpc) is 3.34. The van der Waals surface area contributed by atoms with E-state index in [4.69, 9.17) is 4.74 Å². The molecule has 0 spiro atoms. The number of hydrogen-bond donors (Lipinski definition) is 0. The van der Waals surface area contributed by atoms with Crippen LogP contribution in [0, 0.1) is 5.82 Å². The Balaban J connectivity index is 1.72. The van der Waals surface area contributed by atoms with Gasteiger partial charge in [-0.3, -0.25) is 4.68 Å². The number of rotatable bonds is 3. The zero-order chi connectivity index (χ0) is 19.3. The summed E-state index contributed by atoms with van der Waals surface area (Å²) < 4.78 is 23.0. The first-order valence-electron chi connectivity index (χ1n) is 9.16. The van der Waals surface area contributed by atoms with Crippen LogP contribution in [0.15, 0.2) is 55.0 Å². The van der Waals surface area contributed by atoms with Gasteiger partial charge in [-0.2, -0.15) is 5.10 Å². The van der Waals surface area contributed by atoms with E-state index in [1.165, 1.54) is 17.7 Å². The molecule has 0 atom stereocenters. The maximum atomic E-state index is 13.4. The topological polar surface area (TPSA) is 44.9 Å². The summed E-state index contributed by atoms with van der Waals surface area (Å²) in [6, 6.07) is 12.7. The Morgan fingerprint density at radius 1 is 1.07 bits per heavy atom. The smallest absolute Gasteiger partial charge is 0.128 e. The zero-order valence-corrected chi connectivity index (χ0v) is 15.7. The summed E-state index contributed by atoms with van der Waals surface area (Å²) in [7, 11) is 3.58. The monoisotopic (exact) mass is 374 g/mol. The lowest BCUT2D eigenvalue weighted by Gasteiger charge is -2.22. The van der Waals surface area contributed by atoms with Crippen LogP contribution in [0.25, 0.3) is 33.8 Å². The van der Waals surface area contributed by atoms with E-state index >= 15 is 0 Å². The molecule has 28 heavy (non-hydrogen) atoms. The van der Waals surface area contributed by atoms with E-state index in [-0.39, 0.29) is 5.82 Å². The van der Waals surface area contributed by atoms with Crippen LogP contribution in [0.2, 0.25) is 0 Å². The average molecular weight is 374 g/mol. The van der Waals surface area contributed by atoms with Crippen molar-refractivity contribution in [3.63, 3.8) is 0 Å². The summed E-state index contributed by atoms with van der Waals surface area (Å²) in [5.41, 5.74) is 6.95. The molecular formula is C22H19FN4O. The summed E-state index contributed by atoms with van der Waals surface area (Å²) >= 11 is 0. The molecule has 5 rings (SSSR count). The van der Waals surface area contributed by atoms with Crippen LogP contribution in [0.3, 0.4) is 0 Å². The van der Waals surface area contributed by atoms with Crippen molar-refractivity contribution < 1.29 is 9.13 Å². The molecule has 4 aromatic rings. The standard InChI is InChI=1S/C22H19FN4O/c1-26-9-8-19(25-26)18-12-17-15(11-20(18)28-2)7-10-27-13-24-21(22(17)27)14-3-5-16(23)6-4-14/h3-6,8-9,11-13H,7,10H2,1-2H3. The van der Waals surface area contributed by atoms with Gasteiger partial charge in [-0.05, 0) is 54.4 Å². The van der Waals surface area contributed by atoms with E-state index in [2.05, 4.69) is 26.8 Å². The number of aromatic nitrogens is 4. The summed E-state index contributed by atoms with van der Waals surface area (Å²) in [4.78, 5) is 4.64. The van der Waals surface area contributed by atoms with E-state index in [1.54, 1.807) is 23.9 Å². The predicted molar refractivity (Wildman–Crippen MR) is 106 cm³/mol. The lowest BCUT2D eigenvalue weighted by molar-refractivity contribution is 0.415. The Bertz CT molecular complexity index is 1170. The van der Waals surface area contributed by atoms with Crippen molar-refractivity contribution >= 4 is 0 Å². The van der Waals surface area contributed by atoms with E-state index < -0.39 is 0 Å². The van der Waals surface area contributed by atoms with E-state index in [9.17, 15) is 4.39 Å². The van der Waals surface area contributed by atoms with Gasteiger partial charge < -0.3 is 9.30 Å². The molecule has 0 N–H and O–H groups in total. The molecule has 0 aliphatic carbocycles. The second-order valence-electron chi connectivity index (χ2n) is 6.98. The maximum absolute atomic E-state index is 13.4. The zero-order valence-electron chi connectivity index (χ0n) is 15.7. The van der Waals surface area contributed by atoms with Gasteiger partial charge in [-0.1, -0.05) is 0 Å². The van der Waals surface area contributed by atoms with Crippen molar-refractivity contribution in [1.29, 1.82) is 0 Å². The number of aryl methyl sites for hydroxylation is 3. The van der Waals surface area contributed by atoms with Crippen LogP contribution in [-0.2, 0) is 20.0 Å². The molecule has 0 amide bonds. The predicted octanol–water partition coefficient (Wildman–Crippen LogP) is 4.32. The fourth-order valence-electron chi connectivity index (χ4n) is 3.87. The van der Waals surface area contributed by atoms with Gasteiger partial charge in [0.05, 0.1) is 30.5 Å². The molecule has 0 radical (unpaired) electrons. The normalized spacial score (nSPS) is 12.5. The molecule has 140 valence electrons. The molecule has 2 aromatic carbocycles. The highest BCUT2D eigenvalue weighted by molar-refractivity contribution is 5.85. The first-order chi connectivity index (χ1) is 13.6. The molecule has 0 fully saturated rings. The Morgan fingerprint density at radius 3 is 2.61 bits per heavy atom. The number of hydrogen-bond acceptors (Lipinski definition) is 3. The fourth-order valence-corrected chi connectivity index (χ4v) is 3.87. The minimum atomic E-state index is -0.251. The Morgan fingerprint density at radius 2 is 1.89 bits per heavy atom. The number of ether oxygens (including phenoxy) is 1. The van der Waals surface area contributed by atoms with Crippen LogP contribution in [0.1, 0.15) is 5.56 Å². The fraction of sp³-hybridized carbons (Fsp3) is 0.182. The minimum absolute atomic E-state index is 0.251. The highest BCUT2D eigenvalue weighted by Crippen LogP contribution is 2.42. The van der Waals surface area contributed by atoms with Crippen LogP contribution in [-0.4, -0.2) is 26.4 Å². The van der Waals surface area contributed by atoms with Crippen molar-refractivity contribution in [3.05, 3.63) is 66.4 Å². The molecule has 5 nitrogen and oxygen atoms in total. The number of fused-ring (bicyclic) bond motifs is 3. The number of benzene rings is 2. The van der Waals surface area contributed by atoms with Crippen molar-refractivity contribution in [1.82, 2.24) is 19.3 Å². The Hall–Kier alpha value is -3.41. The van der Waals surface area contributed by atoms with E-state index in [0.717, 1.165) is 52.5 Å². The van der Waals surface area contributed by atoms with Gasteiger partial charge >= 0.3 is 0 Å². The molecule has 3 heterocycles. The number of halogens is 1. The van der Waals surface area contributed by atoms with Crippen molar-refractivity contribution in [2.45, 2.75) is 13.0 Å². The van der Waals surface area contributed by atoms with Crippen LogP contribution in [0.5, 0.6) is 5.75 Å². The van der Waals surface area contributed by atoms with Crippen molar-refractivity contribution in [2.75, 3.05) is 7.11 Å². The summed E-state index contributed by atoms with van der Waals surface area (Å²) in [6.07, 6.45) is 4.68.